The van der Waals surface area contributed by atoms with E-state index in [1.807, 2.05) is 30.4 Å². The molecule has 2 atom stereocenters. The minimum atomic E-state index is -0.838. The number of aliphatic hydroxyl groups excluding tert-OH is 2. The molecule has 2 N–H and O–H groups in total. The lowest BCUT2D eigenvalue weighted by molar-refractivity contribution is -0.161. The van der Waals surface area contributed by atoms with Gasteiger partial charge in [0, 0.05) is 12.8 Å². The normalized spacial score (nSPS) is 13.8. The molecule has 0 bridgehead atoms. The number of aliphatic hydroxyl groups is 2. The first-order chi connectivity index (χ1) is 22.9. The van der Waals surface area contributed by atoms with Crippen LogP contribution in [0.1, 0.15) is 143 Å². The molecule has 0 aliphatic carbocycles. The van der Waals surface area contributed by atoms with E-state index in [4.69, 9.17) is 9.47 Å². The Morgan fingerprint density at radius 1 is 0.660 bits per heavy atom. The monoisotopic (exact) mass is 657 g/mol. The smallest absolute Gasteiger partial charge is 0.306 e. The SMILES string of the molecule is CC/C=C\C/C=C\C/C=C\C/C=C\C=C/C(O)C/C=C\CCC(=O)OC[C@H](CO)OC(=O)CCCCCCCCCCCCC(C)C. The molecule has 6 heteroatoms. The van der Waals surface area contributed by atoms with Gasteiger partial charge in [-0.05, 0) is 50.9 Å². The topological polar surface area (TPSA) is 93.1 Å². The lowest BCUT2D eigenvalue weighted by atomic mass is 10.0. The van der Waals surface area contributed by atoms with Gasteiger partial charge in [0.25, 0.3) is 0 Å². The van der Waals surface area contributed by atoms with Crippen LogP contribution in [0.3, 0.4) is 0 Å². The van der Waals surface area contributed by atoms with E-state index in [0.29, 0.717) is 19.3 Å². The van der Waals surface area contributed by atoms with Gasteiger partial charge < -0.3 is 19.7 Å². The second-order valence-electron chi connectivity index (χ2n) is 12.6. The van der Waals surface area contributed by atoms with Gasteiger partial charge in [-0.3, -0.25) is 9.59 Å². The van der Waals surface area contributed by atoms with Gasteiger partial charge in [-0.15, -0.1) is 0 Å². The van der Waals surface area contributed by atoms with Crippen LogP contribution in [0.2, 0.25) is 0 Å². The van der Waals surface area contributed by atoms with Crippen LogP contribution in [-0.4, -0.2) is 47.6 Å². The maximum Gasteiger partial charge on any atom is 0.306 e. The van der Waals surface area contributed by atoms with Crippen LogP contribution in [0.15, 0.2) is 72.9 Å². The zero-order valence-corrected chi connectivity index (χ0v) is 30.0. The number of esters is 2. The molecule has 47 heavy (non-hydrogen) atoms. The lowest BCUT2D eigenvalue weighted by Crippen LogP contribution is -2.28. The highest BCUT2D eigenvalue weighted by Crippen LogP contribution is 2.14. The molecule has 0 saturated carbocycles. The predicted molar refractivity (Wildman–Crippen MR) is 197 cm³/mol. The maximum absolute atomic E-state index is 12.1. The van der Waals surface area contributed by atoms with Crippen molar-refractivity contribution in [1.29, 1.82) is 0 Å². The number of carbonyl (C=O) groups excluding carboxylic acids is 2. The lowest BCUT2D eigenvalue weighted by Gasteiger charge is -2.15. The molecule has 0 aliphatic heterocycles. The van der Waals surface area contributed by atoms with Crippen LogP contribution in [0.25, 0.3) is 0 Å². The summed E-state index contributed by atoms with van der Waals surface area (Å²) in [4.78, 5) is 24.2. The molecule has 0 radical (unpaired) electrons. The van der Waals surface area contributed by atoms with Gasteiger partial charge in [0.05, 0.1) is 12.7 Å². The fraction of sp³-hybridized carbons (Fsp3) is 0.659. The Kier molecular flexibility index (Phi) is 32.6. The molecule has 0 aliphatic rings. The highest BCUT2D eigenvalue weighted by atomic mass is 16.6. The number of carbonyl (C=O) groups is 2. The Hall–Kier alpha value is -2.70. The number of ether oxygens (including phenoxy) is 2. The maximum atomic E-state index is 12.1. The van der Waals surface area contributed by atoms with E-state index in [2.05, 4.69) is 57.2 Å². The summed E-state index contributed by atoms with van der Waals surface area (Å²) < 4.78 is 10.5. The minimum absolute atomic E-state index is 0.150. The standard InChI is InChI=1S/C41H68O6/c1-4-5-6-7-8-9-10-11-12-16-19-22-26-31-38(43)32-27-24-29-33-40(44)46-36-39(35-42)47-41(45)34-28-23-20-17-14-13-15-18-21-25-30-37(2)3/h5-6,8-9,11-12,19,22,24,26-27,31,37-39,42-43H,4,7,10,13-18,20-21,23,25,28-30,32-36H2,1-3H3/b6-5-,9-8-,12-11-,22-19-,27-24-,31-26-/t38?,39-/m0/s1. The molecule has 0 fully saturated rings. The van der Waals surface area contributed by atoms with Gasteiger partial charge in [0.2, 0.25) is 0 Å². The van der Waals surface area contributed by atoms with Crippen molar-refractivity contribution in [2.45, 2.75) is 155 Å². The molecule has 0 saturated heterocycles. The summed E-state index contributed by atoms with van der Waals surface area (Å²) in [5, 5.41) is 19.6. The minimum Gasteiger partial charge on any atom is -0.462 e. The van der Waals surface area contributed by atoms with E-state index in [-0.39, 0.29) is 25.6 Å². The highest BCUT2D eigenvalue weighted by Gasteiger charge is 2.15. The van der Waals surface area contributed by atoms with Gasteiger partial charge >= 0.3 is 11.9 Å². The Bertz CT molecular complexity index is 911. The quantitative estimate of drug-likeness (QED) is 0.0334. The van der Waals surface area contributed by atoms with Crippen LogP contribution >= 0.6 is 0 Å². The van der Waals surface area contributed by atoms with Crippen LogP contribution < -0.4 is 0 Å². The fourth-order valence-corrected chi connectivity index (χ4v) is 4.73. The molecule has 1 unspecified atom stereocenters. The van der Waals surface area contributed by atoms with Crippen molar-refractivity contribution in [3.05, 3.63) is 72.9 Å². The Labute approximate surface area is 287 Å². The zero-order chi connectivity index (χ0) is 34.6. The molecule has 0 spiro atoms. The molecular formula is C41H68O6. The zero-order valence-electron chi connectivity index (χ0n) is 30.0. The van der Waals surface area contributed by atoms with Crippen LogP contribution in [0.4, 0.5) is 0 Å². The van der Waals surface area contributed by atoms with Crippen molar-refractivity contribution in [3.63, 3.8) is 0 Å². The highest BCUT2D eigenvalue weighted by molar-refractivity contribution is 5.70. The fourth-order valence-electron chi connectivity index (χ4n) is 4.73. The second kappa shape index (κ2) is 34.6. The van der Waals surface area contributed by atoms with Gasteiger partial charge in [-0.1, -0.05) is 158 Å². The van der Waals surface area contributed by atoms with E-state index >= 15 is 0 Å². The van der Waals surface area contributed by atoms with E-state index in [1.165, 1.54) is 51.4 Å². The van der Waals surface area contributed by atoms with Gasteiger partial charge in [0.15, 0.2) is 6.10 Å². The van der Waals surface area contributed by atoms with Crippen LogP contribution in [-0.2, 0) is 19.1 Å². The molecule has 0 aromatic rings. The van der Waals surface area contributed by atoms with Crippen molar-refractivity contribution in [2.24, 2.45) is 5.92 Å². The number of unbranched alkanes of at least 4 members (excludes halogenated alkanes) is 9. The predicted octanol–water partition coefficient (Wildman–Crippen LogP) is 10.2. The number of hydrogen-bond acceptors (Lipinski definition) is 6. The van der Waals surface area contributed by atoms with E-state index in [1.54, 1.807) is 6.08 Å². The van der Waals surface area contributed by atoms with E-state index in [0.717, 1.165) is 50.9 Å². The molecule has 0 heterocycles. The Morgan fingerprint density at radius 3 is 1.83 bits per heavy atom. The average Bonchev–Trinajstić information content (AvgIpc) is 3.05. The molecule has 0 rings (SSSR count). The summed E-state index contributed by atoms with van der Waals surface area (Å²) in [6.07, 6.45) is 41.4. The van der Waals surface area contributed by atoms with Gasteiger partial charge in [0.1, 0.15) is 6.61 Å². The van der Waals surface area contributed by atoms with Gasteiger partial charge in [-0.25, -0.2) is 0 Å². The molecule has 268 valence electrons. The molecular weight excluding hydrogens is 588 g/mol. The van der Waals surface area contributed by atoms with Crippen molar-refractivity contribution < 1.29 is 29.3 Å². The van der Waals surface area contributed by atoms with Gasteiger partial charge in [-0.2, -0.15) is 0 Å². The first-order valence-electron chi connectivity index (χ1n) is 18.5. The van der Waals surface area contributed by atoms with Crippen LogP contribution in [0.5, 0.6) is 0 Å². The average molecular weight is 657 g/mol. The summed E-state index contributed by atoms with van der Waals surface area (Å²) in [6.45, 7) is 6.17. The molecule has 0 aromatic carbocycles. The summed E-state index contributed by atoms with van der Waals surface area (Å²) in [5.74, 6) is 0.0333. The molecule has 0 amide bonds. The van der Waals surface area contributed by atoms with Crippen molar-refractivity contribution in [3.8, 4) is 0 Å². The third-order valence-corrected chi connectivity index (χ3v) is 7.54. The molecule has 6 nitrogen and oxygen atoms in total. The molecule has 0 aromatic heterocycles. The van der Waals surface area contributed by atoms with Crippen molar-refractivity contribution in [1.82, 2.24) is 0 Å². The summed E-state index contributed by atoms with van der Waals surface area (Å²) in [5.41, 5.74) is 0. The first-order valence-corrected chi connectivity index (χ1v) is 18.5. The first kappa shape index (κ1) is 44.3. The van der Waals surface area contributed by atoms with Crippen molar-refractivity contribution >= 4 is 11.9 Å². The summed E-state index contributed by atoms with van der Waals surface area (Å²) in [6, 6.07) is 0. The van der Waals surface area contributed by atoms with E-state index in [9.17, 15) is 19.8 Å². The Balaban J connectivity index is 3.84. The summed E-state index contributed by atoms with van der Waals surface area (Å²) in [7, 11) is 0. The largest absolute Gasteiger partial charge is 0.462 e. The number of rotatable bonds is 31. The third kappa shape index (κ3) is 34.5. The van der Waals surface area contributed by atoms with Crippen molar-refractivity contribution in [2.75, 3.05) is 13.2 Å². The Morgan fingerprint density at radius 2 is 1.23 bits per heavy atom. The number of allylic oxidation sites excluding steroid dienone is 10. The van der Waals surface area contributed by atoms with Crippen LogP contribution in [0, 0.1) is 5.92 Å². The number of hydrogen-bond donors (Lipinski definition) is 2. The third-order valence-electron chi connectivity index (χ3n) is 7.54. The van der Waals surface area contributed by atoms with E-state index < -0.39 is 18.2 Å². The second-order valence-corrected chi connectivity index (χ2v) is 12.6. The summed E-state index contributed by atoms with van der Waals surface area (Å²) >= 11 is 0.